The number of hydrogen-bond acceptors (Lipinski definition) is 2. The molecule has 8 heavy (non-hydrogen) atoms. The summed E-state index contributed by atoms with van der Waals surface area (Å²) < 4.78 is 0. The molecule has 0 aromatic rings. The summed E-state index contributed by atoms with van der Waals surface area (Å²) in [5, 5.41) is 0. The van der Waals surface area contributed by atoms with Gasteiger partial charge in [-0.05, 0) is 19.4 Å². The summed E-state index contributed by atoms with van der Waals surface area (Å²) in [6.07, 6.45) is 0. The zero-order chi connectivity index (χ0) is 6.15. The lowest BCUT2D eigenvalue weighted by atomic mass is 10.2. The van der Waals surface area contributed by atoms with E-state index in [-0.39, 0.29) is 0 Å². The highest BCUT2D eigenvalue weighted by Crippen LogP contribution is 2.07. The number of nitrogens with zero attached hydrogens (tertiary/aromatic N) is 1. The van der Waals surface area contributed by atoms with Gasteiger partial charge in [0.2, 0.25) is 0 Å². The highest BCUT2D eigenvalue weighted by atomic mass is 14.8. The lowest BCUT2D eigenvalue weighted by molar-refractivity contribution is 1.16. The molecule has 0 aromatic carbocycles. The summed E-state index contributed by atoms with van der Waals surface area (Å²) in [6, 6.07) is 0. The molecule has 44 valence electrons. The van der Waals surface area contributed by atoms with E-state index in [0.29, 0.717) is 0 Å². The van der Waals surface area contributed by atoms with Crippen LogP contribution in [0.5, 0.6) is 0 Å². The number of allylic oxidation sites excluding steroid dienone is 1. The van der Waals surface area contributed by atoms with Gasteiger partial charge < -0.3 is 5.73 Å². The first-order valence-electron chi connectivity index (χ1n) is 2.68. The fraction of sp³-hybridized carbons (Fsp3) is 0.500. The maximum atomic E-state index is 5.57. The van der Waals surface area contributed by atoms with Crippen LogP contribution < -0.4 is 5.73 Å². The molecular weight excluding hydrogens is 100 g/mol. The third-order valence-corrected chi connectivity index (χ3v) is 1.40. The Morgan fingerprint density at radius 1 is 1.50 bits per heavy atom. The van der Waals surface area contributed by atoms with Crippen molar-refractivity contribution in [3.63, 3.8) is 0 Å². The molecule has 0 unspecified atom stereocenters. The van der Waals surface area contributed by atoms with E-state index < -0.39 is 0 Å². The van der Waals surface area contributed by atoms with Gasteiger partial charge in [-0.3, -0.25) is 4.99 Å². The van der Waals surface area contributed by atoms with Crippen molar-refractivity contribution < 1.29 is 0 Å². The molecule has 0 saturated carbocycles. The minimum atomic E-state index is 0.803. The van der Waals surface area contributed by atoms with Crippen molar-refractivity contribution in [2.24, 2.45) is 10.7 Å². The van der Waals surface area contributed by atoms with Crippen LogP contribution in [0.2, 0.25) is 0 Å². The predicted molar refractivity (Wildman–Crippen MR) is 34.9 cm³/mol. The predicted octanol–water partition coefficient (Wildman–Crippen LogP) is 0.694. The highest BCUT2D eigenvalue weighted by molar-refractivity contribution is 5.99. The number of nitrogens with two attached hydrogens (primary N) is 1. The first-order chi connectivity index (χ1) is 3.72. The average Bonchev–Trinajstić information content (AvgIpc) is 1.98. The molecule has 1 aliphatic rings. The van der Waals surface area contributed by atoms with Crippen molar-refractivity contribution in [2.75, 3.05) is 6.54 Å². The molecule has 2 nitrogen and oxygen atoms in total. The topological polar surface area (TPSA) is 38.4 Å². The van der Waals surface area contributed by atoms with E-state index in [4.69, 9.17) is 5.73 Å². The van der Waals surface area contributed by atoms with Gasteiger partial charge in [0.25, 0.3) is 0 Å². The summed E-state index contributed by atoms with van der Waals surface area (Å²) in [5.41, 5.74) is 8.64. The Labute approximate surface area is 49.1 Å². The van der Waals surface area contributed by atoms with Crippen molar-refractivity contribution in [3.05, 3.63) is 11.3 Å². The fourth-order valence-electron chi connectivity index (χ4n) is 0.716. The maximum Gasteiger partial charge on any atom is 0.0624 e. The number of hydrogen-bond donors (Lipinski definition) is 1. The zero-order valence-corrected chi connectivity index (χ0v) is 5.23. The van der Waals surface area contributed by atoms with Gasteiger partial charge in [-0.2, -0.15) is 0 Å². The average molecular weight is 110 g/mol. The fourth-order valence-corrected chi connectivity index (χ4v) is 0.716. The maximum absolute atomic E-state index is 5.57. The van der Waals surface area contributed by atoms with E-state index >= 15 is 0 Å². The lowest BCUT2D eigenvalue weighted by Gasteiger charge is -1.91. The van der Waals surface area contributed by atoms with Crippen LogP contribution in [0.4, 0.5) is 0 Å². The summed E-state index contributed by atoms with van der Waals surface area (Å²) >= 11 is 0. The minimum absolute atomic E-state index is 0.803. The van der Waals surface area contributed by atoms with Crippen LogP contribution in [0.3, 0.4) is 0 Å². The monoisotopic (exact) mass is 110 g/mol. The molecule has 0 bridgehead atoms. The van der Waals surface area contributed by atoms with Crippen LogP contribution in [0.25, 0.3) is 0 Å². The van der Waals surface area contributed by atoms with E-state index in [1.54, 1.807) is 0 Å². The van der Waals surface area contributed by atoms with Crippen molar-refractivity contribution >= 4 is 5.71 Å². The van der Waals surface area contributed by atoms with Crippen molar-refractivity contribution in [1.82, 2.24) is 0 Å². The van der Waals surface area contributed by atoms with Crippen LogP contribution in [0.15, 0.2) is 16.3 Å². The Morgan fingerprint density at radius 3 is 2.25 bits per heavy atom. The molecule has 2 heteroatoms. The van der Waals surface area contributed by atoms with E-state index in [2.05, 4.69) is 4.99 Å². The first-order valence-corrected chi connectivity index (χ1v) is 2.68. The largest absolute Gasteiger partial charge is 0.397 e. The molecule has 2 N–H and O–H groups in total. The van der Waals surface area contributed by atoms with Crippen LogP contribution in [0, 0.1) is 0 Å². The normalized spacial score (nSPS) is 19.5. The zero-order valence-electron chi connectivity index (χ0n) is 5.23. The SMILES string of the molecule is CC1=NCC(C)=C1N. The molecule has 0 spiro atoms. The second kappa shape index (κ2) is 1.62. The van der Waals surface area contributed by atoms with E-state index in [9.17, 15) is 0 Å². The van der Waals surface area contributed by atoms with Crippen LogP contribution >= 0.6 is 0 Å². The van der Waals surface area contributed by atoms with Crippen LogP contribution in [0.1, 0.15) is 13.8 Å². The molecule has 0 saturated heterocycles. The molecule has 0 radical (unpaired) electrons. The Kier molecular flexibility index (Phi) is 1.08. The van der Waals surface area contributed by atoms with Crippen LogP contribution in [-0.4, -0.2) is 12.3 Å². The molecule has 1 rings (SSSR count). The van der Waals surface area contributed by atoms with Gasteiger partial charge in [0.15, 0.2) is 0 Å². The highest BCUT2D eigenvalue weighted by Gasteiger charge is 2.06. The Bertz CT molecular complexity index is 160. The third kappa shape index (κ3) is 0.619. The quantitative estimate of drug-likeness (QED) is 0.489. The number of rotatable bonds is 0. The Morgan fingerprint density at radius 2 is 2.12 bits per heavy atom. The van der Waals surface area contributed by atoms with Gasteiger partial charge in [0.1, 0.15) is 0 Å². The second-order valence-corrected chi connectivity index (χ2v) is 2.10. The summed E-state index contributed by atoms with van der Waals surface area (Å²) in [6.45, 7) is 4.75. The van der Waals surface area contributed by atoms with Gasteiger partial charge in [-0.1, -0.05) is 0 Å². The van der Waals surface area contributed by atoms with Crippen molar-refractivity contribution in [1.29, 1.82) is 0 Å². The molecule has 0 amide bonds. The molecule has 0 atom stereocenters. The lowest BCUT2D eigenvalue weighted by Crippen LogP contribution is -2.04. The molecule has 0 fully saturated rings. The van der Waals surface area contributed by atoms with Gasteiger partial charge in [0.05, 0.1) is 18.0 Å². The van der Waals surface area contributed by atoms with Gasteiger partial charge in [-0.15, -0.1) is 0 Å². The summed E-state index contributed by atoms with van der Waals surface area (Å²) in [4.78, 5) is 4.12. The van der Waals surface area contributed by atoms with Gasteiger partial charge >= 0.3 is 0 Å². The van der Waals surface area contributed by atoms with E-state index in [1.807, 2.05) is 13.8 Å². The minimum Gasteiger partial charge on any atom is -0.397 e. The molecule has 1 aliphatic heterocycles. The summed E-state index contributed by atoms with van der Waals surface area (Å²) in [5.74, 6) is 0. The Balaban J connectivity index is 2.88. The van der Waals surface area contributed by atoms with E-state index in [1.165, 1.54) is 5.57 Å². The summed E-state index contributed by atoms with van der Waals surface area (Å²) in [7, 11) is 0. The molecule has 0 aromatic heterocycles. The third-order valence-electron chi connectivity index (χ3n) is 1.40. The molecule has 0 aliphatic carbocycles. The smallest absolute Gasteiger partial charge is 0.0624 e. The second-order valence-electron chi connectivity index (χ2n) is 2.10. The van der Waals surface area contributed by atoms with Gasteiger partial charge in [0, 0.05) is 0 Å². The first kappa shape index (κ1) is 5.35. The van der Waals surface area contributed by atoms with Crippen molar-refractivity contribution in [3.8, 4) is 0 Å². The van der Waals surface area contributed by atoms with Crippen molar-refractivity contribution in [2.45, 2.75) is 13.8 Å². The van der Waals surface area contributed by atoms with Gasteiger partial charge in [-0.25, -0.2) is 0 Å². The van der Waals surface area contributed by atoms with Crippen LogP contribution in [-0.2, 0) is 0 Å². The molecular formula is C6H10N2. The Hall–Kier alpha value is -0.790. The number of aliphatic imine (C=N–C) groups is 1. The molecule has 1 heterocycles. The van der Waals surface area contributed by atoms with E-state index in [0.717, 1.165) is 18.0 Å². The standard InChI is InChI=1S/C6H10N2/c1-4-3-8-5(2)6(4)7/h3,7H2,1-2H3.